The zero-order valence-corrected chi connectivity index (χ0v) is 7.05. The molecule has 11 heavy (non-hydrogen) atoms. The van der Waals surface area contributed by atoms with Crippen LogP contribution in [0.5, 0.6) is 0 Å². The normalized spacial score (nSPS) is 35.2. The second kappa shape index (κ2) is 3.09. The molecule has 0 aromatic rings. The Morgan fingerprint density at radius 1 is 1.45 bits per heavy atom. The average Bonchev–Trinajstić information content (AvgIpc) is 1.90. The summed E-state index contributed by atoms with van der Waals surface area (Å²) in [4.78, 5) is 2.56. The van der Waals surface area contributed by atoms with Crippen molar-refractivity contribution in [2.24, 2.45) is 0 Å². The molecule has 0 amide bonds. The Morgan fingerprint density at radius 2 is 2.27 bits per heavy atom. The fourth-order valence-corrected chi connectivity index (χ4v) is 1.79. The molecule has 2 aliphatic rings. The third kappa shape index (κ3) is 1.41. The molecule has 0 aromatic heterocycles. The zero-order chi connectivity index (χ0) is 7.68. The summed E-state index contributed by atoms with van der Waals surface area (Å²) in [5.41, 5.74) is 0. The summed E-state index contributed by atoms with van der Waals surface area (Å²) >= 11 is 0. The van der Waals surface area contributed by atoms with Crippen LogP contribution in [0.25, 0.3) is 0 Å². The molecule has 0 radical (unpaired) electrons. The van der Waals surface area contributed by atoms with Crippen molar-refractivity contribution in [1.29, 1.82) is 0 Å². The molecular formula is C8H16N2O. The first-order valence-electron chi connectivity index (χ1n) is 4.42. The number of nitrogens with one attached hydrogen (secondary N) is 1. The van der Waals surface area contributed by atoms with Crippen LogP contribution in [-0.4, -0.2) is 49.8 Å². The molecule has 2 rings (SSSR count). The predicted molar refractivity (Wildman–Crippen MR) is 43.6 cm³/mol. The number of ether oxygens (including phenoxy) is 1. The number of hydrogen-bond donors (Lipinski definition) is 1. The monoisotopic (exact) mass is 156 g/mol. The number of nitrogens with zero attached hydrogens (tertiary/aromatic N) is 1. The van der Waals surface area contributed by atoms with Gasteiger partial charge in [-0.05, 0) is 6.92 Å². The lowest BCUT2D eigenvalue weighted by Gasteiger charge is -2.43. The van der Waals surface area contributed by atoms with Gasteiger partial charge in [0.2, 0.25) is 0 Å². The molecule has 0 bridgehead atoms. The molecule has 2 fully saturated rings. The maximum atomic E-state index is 5.37. The summed E-state index contributed by atoms with van der Waals surface area (Å²) in [6, 6.07) is 1.41. The van der Waals surface area contributed by atoms with Gasteiger partial charge in [-0.2, -0.15) is 0 Å². The molecule has 3 heteroatoms. The molecule has 3 nitrogen and oxygen atoms in total. The smallest absolute Gasteiger partial charge is 0.0619 e. The molecule has 2 heterocycles. The van der Waals surface area contributed by atoms with Crippen LogP contribution in [0.4, 0.5) is 0 Å². The summed E-state index contributed by atoms with van der Waals surface area (Å²) in [6.07, 6.45) is 0. The molecule has 64 valence electrons. The SMILES string of the molecule is C[C@@H]1COCCN1C1CNC1. The van der Waals surface area contributed by atoms with Gasteiger partial charge in [0, 0.05) is 31.7 Å². The molecule has 1 atom stereocenters. The minimum Gasteiger partial charge on any atom is -0.379 e. The van der Waals surface area contributed by atoms with Gasteiger partial charge in [-0.3, -0.25) is 4.90 Å². The van der Waals surface area contributed by atoms with E-state index in [9.17, 15) is 0 Å². The van der Waals surface area contributed by atoms with Crippen LogP contribution >= 0.6 is 0 Å². The molecule has 1 N–H and O–H groups in total. The molecule has 2 saturated heterocycles. The largest absolute Gasteiger partial charge is 0.379 e. The first-order chi connectivity index (χ1) is 5.38. The summed E-state index contributed by atoms with van der Waals surface area (Å²) < 4.78 is 5.37. The van der Waals surface area contributed by atoms with Crippen LogP contribution in [0.3, 0.4) is 0 Å². The Balaban J connectivity index is 1.88. The molecule has 2 aliphatic heterocycles. The summed E-state index contributed by atoms with van der Waals surface area (Å²) in [6.45, 7) is 7.54. The number of morpholine rings is 1. The van der Waals surface area contributed by atoms with E-state index in [4.69, 9.17) is 4.74 Å². The van der Waals surface area contributed by atoms with Gasteiger partial charge >= 0.3 is 0 Å². The van der Waals surface area contributed by atoms with Crippen LogP contribution in [0.15, 0.2) is 0 Å². The Hall–Kier alpha value is -0.120. The molecule has 0 unspecified atom stereocenters. The minimum absolute atomic E-state index is 0.621. The maximum absolute atomic E-state index is 5.37. The highest BCUT2D eigenvalue weighted by Crippen LogP contribution is 2.13. The van der Waals surface area contributed by atoms with Gasteiger partial charge in [0.05, 0.1) is 13.2 Å². The van der Waals surface area contributed by atoms with Gasteiger partial charge in [0.25, 0.3) is 0 Å². The van der Waals surface area contributed by atoms with Gasteiger partial charge in [-0.25, -0.2) is 0 Å². The summed E-state index contributed by atoms with van der Waals surface area (Å²) in [5.74, 6) is 0. The predicted octanol–water partition coefficient (Wildman–Crippen LogP) is -0.321. The van der Waals surface area contributed by atoms with Gasteiger partial charge in [-0.1, -0.05) is 0 Å². The molecule has 0 saturated carbocycles. The van der Waals surface area contributed by atoms with Crippen molar-refractivity contribution in [2.75, 3.05) is 32.8 Å². The van der Waals surface area contributed by atoms with Gasteiger partial charge < -0.3 is 10.1 Å². The van der Waals surface area contributed by atoms with E-state index in [1.165, 1.54) is 13.1 Å². The second-order valence-corrected chi connectivity index (χ2v) is 3.47. The fourth-order valence-electron chi connectivity index (χ4n) is 1.79. The molecular weight excluding hydrogens is 140 g/mol. The topological polar surface area (TPSA) is 24.5 Å². The van der Waals surface area contributed by atoms with Crippen LogP contribution in [0, 0.1) is 0 Å². The zero-order valence-electron chi connectivity index (χ0n) is 7.05. The molecule has 0 spiro atoms. The van der Waals surface area contributed by atoms with Gasteiger partial charge in [-0.15, -0.1) is 0 Å². The van der Waals surface area contributed by atoms with Gasteiger partial charge in [0.1, 0.15) is 0 Å². The van der Waals surface area contributed by atoms with Crippen LogP contribution in [0.1, 0.15) is 6.92 Å². The standard InChI is InChI=1S/C8H16N2O/c1-7-6-11-3-2-10(7)8-4-9-5-8/h7-9H,2-6H2,1H3/t7-/m1/s1. The highest BCUT2D eigenvalue weighted by Gasteiger charge is 2.29. The van der Waals surface area contributed by atoms with E-state index in [1.807, 2.05) is 0 Å². The van der Waals surface area contributed by atoms with Crippen molar-refractivity contribution in [1.82, 2.24) is 10.2 Å². The van der Waals surface area contributed by atoms with Crippen molar-refractivity contribution in [2.45, 2.75) is 19.0 Å². The Labute approximate surface area is 67.7 Å². The third-order valence-corrected chi connectivity index (χ3v) is 2.65. The maximum Gasteiger partial charge on any atom is 0.0619 e. The lowest BCUT2D eigenvalue weighted by molar-refractivity contribution is -0.0324. The molecule has 0 aliphatic carbocycles. The lowest BCUT2D eigenvalue weighted by Crippen LogP contribution is -2.62. The number of rotatable bonds is 1. The van der Waals surface area contributed by atoms with Crippen molar-refractivity contribution in [3.63, 3.8) is 0 Å². The average molecular weight is 156 g/mol. The van der Waals surface area contributed by atoms with E-state index in [1.54, 1.807) is 0 Å². The van der Waals surface area contributed by atoms with E-state index in [2.05, 4.69) is 17.1 Å². The van der Waals surface area contributed by atoms with Crippen LogP contribution < -0.4 is 5.32 Å². The van der Waals surface area contributed by atoms with E-state index in [0.717, 1.165) is 25.8 Å². The Kier molecular flexibility index (Phi) is 2.11. The fraction of sp³-hybridized carbons (Fsp3) is 1.00. The van der Waals surface area contributed by atoms with Crippen molar-refractivity contribution in [3.8, 4) is 0 Å². The van der Waals surface area contributed by atoms with Crippen molar-refractivity contribution >= 4 is 0 Å². The highest BCUT2D eigenvalue weighted by molar-refractivity contribution is 4.88. The van der Waals surface area contributed by atoms with Gasteiger partial charge in [0.15, 0.2) is 0 Å². The van der Waals surface area contributed by atoms with E-state index >= 15 is 0 Å². The lowest BCUT2D eigenvalue weighted by atomic mass is 10.1. The summed E-state index contributed by atoms with van der Waals surface area (Å²) in [5, 5.41) is 3.30. The van der Waals surface area contributed by atoms with E-state index < -0.39 is 0 Å². The Morgan fingerprint density at radius 3 is 2.82 bits per heavy atom. The number of hydrogen-bond acceptors (Lipinski definition) is 3. The highest BCUT2D eigenvalue weighted by atomic mass is 16.5. The van der Waals surface area contributed by atoms with Crippen LogP contribution in [0.2, 0.25) is 0 Å². The van der Waals surface area contributed by atoms with E-state index in [0.29, 0.717) is 6.04 Å². The third-order valence-electron chi connectivity index (χ3n) is 2.65. The van der Waals surface area contributed by atoms with Crippen molar-refractivity contribution < 1.29 is 4.74 Å². The first-order valence-corrected chi connectivity index (χ1v) is 4.42. The van der Waals surface area contributed by atoms with Crippen molar-refractivity contribution in [3.05, 3.63) is 0 Å². The second-order valence-electron chi connectivity index (χ2n) is 3.47. The van der Waals surface area contributed by atoms with Crippen LogP contribution in [-0.2, 0) is 4.74 Å². The first kappa shape index (κ1) is 7.53. The Bertz CT molecular complexity index is 134. The minimum atomic E-state index is 0.621. The van der Waals surface area contributed by atoms with E-state index in [-0.39, 0.29) is 0 Å². The summed E-state index contributed by atoms with van der Waals surface area (Å²) in [7, 11) is 0. The molecule has 0 aromatic carbocycles. The quantitative estimate of drug-likeness (QED) is 0.563.